The molecule has 2 unspecified atom stereocenters. The number of amides is 3. The van der Waals surface area contributed by atoms with Gasteiger partial charge >= 0.3 is 12.0 Å². The highest BCUT2D eigenvalue weighted by Crippen LogP contribution is 2.20. The van der Waals surface area contributed by atoms with E-state index in [0.717, 1.165) is 0 Å². The number of nitrogens with zero attached hydrogens (tertiary/aromatic N) is 3. The standard InChI is InChI=1S/C13H21N3O5/c1-14-4-3-5-16(6-11(14)17)13(20)15(2)10-8-21-7-9(10)12(18)19/h9-10H,3-8H2,1-2H3,(H,18,19). The van der Waals surface area contributed by atoms with Crippen LogP contribution in [0.25, 0.3) is 0 Å². The number of aliphatic carboxylic acids is 1. The van der Waals surface area contributed by atoms with E-state index in [1.807, 2.05) is 0 Å². The summed E-state index contributed by atoms with van der Waals surface area (Å²) < 4.78 is 5.18. The van der Waals surface area contributed by atoms with Crippen LogP contribution < -0.4 is 0 Å². The third-order valence-corrected chi connectivity index (χ3v) is 4.11. The number of carbonyl (C=O) groups excluding carboxylic acids is 2. The minimum absolute atomic E-state index is 0.0327. The Hall–Kier alpha value is -1.83. The average molecular weight is 299 g/mol. The van der Waals surface area contributed by atoms with Crippen LogP contribution in [0, 0.1) is 5.92 Å². The molecule has 2 saturated heterocycles. The van der Waals surface area contributed by atoms with E-state index in [1.54, 1.807) is 19.0 Å². The monoisotopic (exact) mass is 299 g/mol. The van der Waals surface area contributed by atoms with E-state index in [2.05, 4.69) is 0 Å². The smallest absolute Gasteiger partial charge is 0.320 e. The van der Waals surface area contributed by atoms with Gasteiger partial charge in [-0.2, -0.15) is 0 Å². The molecule has 3 amide bonds. The van der Waals surface area contributed by atoms with Crippen LogP contribution in [-0.4, -0.2) is 90.7 Å². The molecule has 118 valence electrons. The first-order chi connectivity index (χ1) is 9.91. The predicted octanol–water partition coefficient (Wildman–Crippen LogP) is -0.698. The summed E-state index contributed by atoms with van der Waals surface area (Å²) in [6.07, 6.45) is 0.714. The van der Waals surface area contributed by atoms with Gasteiger partial charge in [0.2, 0.25) is 5.91 Å². The summed E-state index contributed by atoms with van der Waals surface area (Å²) in [6.45, 7) is 1.46. The van der Waals surface area contributed by atoms with E-state index < -0.39 is 17.9 Å². The SMILES string of the molecule is CN1CCCN(C(=O)N(C)C2COCC2C(=O)O)CC1=O. The molecule has 0 radical (unpaired) electrons. The number of ether oxygens (including phenoxy) is 1. The molecule has 8 nitrogen and oxygen atoms in total. The van der Waals surface area contributed by atoms with Crippen molar-refractivity contribution in [1.29, 1.82) is 0 Å². The van der Waals surface area contributed by atoms with Crippen molar-refractivity contribution in [3.8, 4) is 0 Å². The molecule has 8 heteroatoms. The van der Waals surface area contributed by atoms with Crippen molar-refractivity contribution >= 4 is 17.9 Å². The molecule has 2 atom stereocenters. The summed E-state index contributed by atoms with van der Waals surface area (Å²) in [7, 11) is 3.28. The maximum atomic E-state index is 12.5. The zero-order chi connectivity index (χ0) is 15.6. The predicted molar refractivity (Wildman–Crippen MR) is 72.7 cm³/mol. The second-order valence-electron chi connectivity index (χ2n) is 5.53. The lowest BCUT2D eigenvalue weighted by molar-refractivity contribution is -0.142. The van der Waals surface area contributed by atoms with Gasteiger partial charge < -0.3 is 24.5 Å². The molecule has 2 rings (SSSR count). The molecule has 0 spiro atoms. The van der Waals surface area contributed by atoms with Crippen molar-refractivity contribution in [2.24, 2.45) is 5.92 Å². The van der Waals surface area contributed by atoms with Gasteiger partial charge in [-0.05, 0) is 6.42 Å². The summed E-state index contributed by atoms with van der Waals surface area (Å²) in [6, 6.07) is -0.813. The van der Waals surface area contributed by atoms with Gasteiger partial charge in [0.15, 0.2) is 0 Å². The molecule has 0 aromatic carbocycles. The Morgan fingerprint density at radius 3 is 2.71 bits per heavy atom. The topological polar surface area (TPSA) is 90.4 Å². The van der Waals surface area contributed by atoms with Crippen molar-refractivity contribution in [1.82, 2.24) is 14.7 Å². The van der Waals surface area contributed by atoms with Crippen LogP contribution in [0.5, 0.6) is 0 Å². The summed E-state index contributed by atoms with van der Waals surface area (Å²) >= 11 is 0. The van der Waals surface area contributed by atoms with E-state index in [9.17, 15) is 14.4 Å². The molecule has 0 bridgehead atoms. The number of hydrogen-bond acceptors (Lipinski definition) is 4. The van der Waals surface area contributed by atoms with Crippen molar-refractivity contribution in [3.05, 3.63) is 0 Å². The molecular weight excluding hydrogens is 278 g/mol. The molecule has 0 aromatic heterocycles. The molecule has 0 saturated carbocycles. The molecule has 2 heterocycles. The number of carbonyl (C=O) groups is 3. The van der Waals surface area contributed by atoms with Gasteiger partial charge in [-0.3, -0.25) is 9.59 Å². The number of hydrogen-bond donors (Lipinski definition) is 1. The third-order valence-electron chi connectivity index (χ3n) is 4.11. The van der Waals surface area contributed by atoms with E-state index in [1.165, 1.54) is 9.80 Å². The molecule has 21 heavy (non-hydrogen) atoms. The molecule has 0 aliphatic carbocycles. The van der Waals surface area contributed by atoms with Gasteiger partial charge in [-0.25, -0.2) is 4.79 Å². The Morgan fingerprint density at radius 1 is 1.33 bits per heavy atom. The first-order valence-electron chi connectivity index (χ1n) is 6.98. The van der Waals surface area contributed by atoms with Crippen LogP contribution in [0.1, 0.15) is 6.42 Å². The second-order valence-corrected chi connectivity index (χ2v) is 5.53. The van der Waals surface area contributed by atoms with Crippen LogP contribution in [0.3, 0.4) is 0 Å². The van der Waals surface area contributed by atoms with Gasteiger partial charge in [-0.1, -0.05) is 0 Å². The summed E-state index contributed by atoms with van der Waals surface area (Å²) in [5.41, 5.74) is 0. The highest BCUT2D eigenvalue weighted by Gasteiger charge is 2.40. The van der Waals surface area contributed by atoms with Crippen molar-refractivity contribution in [3.63, 3.8) is 0 Å². The fourth-order valence-electron chi connectivity index (χ4n) is 2.68. The van der Waals surface area contributed by atoms with Gasteiger partial charge in [-0.15, -0.1) is 0 Å². The average Bonchev–Trinajstić information content (AvgIpc) is 2.87. The quantitative estimate of drug-likeness (QED) is 0.728. The lowest BCUT2D eigenvalue weighted by Crippen LogP contribution is -2.51. The number of urea groups is 1. The maximum Gasteiger partial charge on any atom is 0.320 e. The largest absolute Gasteiger partial charge is 0.481 e. The highest BCUT2D eigenvalue weighted by molar-refractivity contribution is 5.85. The first kappa shape index (κ1) is 15.6. The van der Waals surface area contributed by atoms with E-state index >= 15 is 0 Å². The summed E-state index contributed by atoms with van der Waals surface area (Å²) in [4.78, 5) is 40.0. The Morgan fingerprint density at radius 2 is 2.05 bits per heavy atom. The number of carboxylic acids is 1. The molecule has 0 aromatic rings. The number of likely N-dealkylation sites (N-methyl/N-ethyl adjacent to an activating group) is 2. The van der Waals surface area contributed by atoms with Crippen LogP contribution in [0.15, 0.2) is 0 Å². The third kappa shape index (κ3) is 3.26. The lowest BCUT2D eigenvalue weighted by Gasteiger charge is -2.31. The minimum atomic E-state index is -0.969. The molecule has 2 aliphatic heterocycles. The summed E-state index contributed by atoms with van der Waals surface area (Å²) in [5.74, 6) is -1.79. The van der Waals surface area contributed by atoms with Crippen LogP contribution in [-0.2, 0) is 14.3 Å². The fourth-order valence-corrected chi connectivity index (χ4v) is 2.68. The fraction of sp³-hybridized carbons (Fsp3) is 0.769. The molecule has 2 aliphatic rings. The van der Waals surface area contributed by atoms with Crippen molar-refractivity contribution in [2.75, 3.05) is 46.9 Å². The Balaban J connectivity index is 2.04. The van der Waals surface area contributed by atoms with Crippen LogP contribution in [0.2, 0.25) is 0 Å². The van der Waals surface area contributed by atoms with E-state index in [4.69, 9.17) is 9.84 Å². The zero-order valence-corrected chi connectivity index (χ0v) is 12.3. The summed E-state index contributed by atoms with van der Waals surface area (Å²) in [5, 5.41) is 9.15. The normalized spacial score (nSPS) is 26.7. The van der Waals surface area contributed by atoms with Crippen LogP contribution >= 0.6 is 0 Å². The van der Waals surface area contributed by atoms with Crippen LogP contribution in [0.4, 0.5) is 4.79 Å². The van der Waals surface area contributed by atoms with Gasteiger partial charge in [0.1, 0.15) is 12.5 Å². The first-order valence-corrected chi connectivity index (χ1v) is 6.98. The Kier molecular flexibility index (Phi) is 4.66. The molecule has 2 fully saturated rings. The highest BCUT2D eigenvalue weighted by atomic mass is 16.5. The van der Waals surface area contributed by atoms with Gasteiger partial charge in [0.05, 0.1) is 19.3 Å². The second kappa shape index (κ2) is 6.30. The number of rotatable bonds is 2. The lowest BCUT2D eigenvalue weighted by atomic mass is 10.0. The Bertz CT molecular complexity index is 442. The molecule has 1 N–H and O–H groups in total. The van der Waals surface area contributed by atoms with Crippen molar-refractivity contribution < 1.29 is 24.2 Å². The van der Waals surface area contributed by atoms with E-state index in [-0.39, 0.29) is 31.7 Å². The minimum Gasteiger partial charge on any atom is -0.481 e. The van der Waals surface area contributed by atoms with Gasteiger partial charge in [0, 0.05) is 27.2 Å². The molecular formula is C13H21N3O5. The Labute approximate surface area is 123 Å². The van der Waals surface area contributed by atoms with E-state index in [0.29, 0.717) is 19.5 Å². The zero-order valence-electron chi connectivity index (χ0n) is 12.3. The number of carboxylic acid groups (broad SMARTS) is 1. The van der Waals surface area contributed by atoms with Gasteiger partial charge in [0.25, 0.3) is 0 Å². The maximum absolute atomic E-state index is 12.5. The van der Waals surface area contributed by atoms with Crippen molar-refractivity contribution in [2.45, 2.75) is 12.5 Å².